The molecule has 1 atom stereocenters. The number of rotatable bonds is 4. The fraction of sp³-hybridized carbons (Fsp3) is 0.556. The molecule has 6 heteroatoms. The van der Waals surface area contributed by atoms with Gasteiger partial charge in [0.2, 0.25) is 0 Å². The zero-order valence-corrected chi connectivity index (χ0v) is 14.3. The molecule has 2 N–H and O–H groups in total. The van der Waals surface area contributed by atoms with Crippen LogP contribution < -0.4 is 15.4 Å². The Morgan fingerprint density at radius 2 is 2.12 bits per heavy atom. The van der Waals surface area contributed by atoms with Crippen LogP contribution in [0.4, 0.5) is 5.69 Å². The van der Waals surface area contributed by atoms with Crippen LogP contribution >= 0.6 is 0 Å². The van der Waals surface area contributed by atoms with E-state index in [9.17, 15) is 9.59 Å². The van der Waals surface area contributed by atoms with E-state index in [2.05, 4.69) is 17.6 Å². The van der Waals surface area contributed by atoms with Crippen LogP contribution in [0.15, 0.2) is 18.2 Å². The lowest BCUT2D eigenvalue weighted by atomic mass is 9.96. The standard InChI is InChI=1S/C18H25N3O3/c1-3-19-11-13-7-9-21(10-8-13)18(23)14-5-4-6-15-16(14)24-12(2)17(22)20-15/h4-6,12-13,19H,3,7-11H2,1-2H3,(H,20,22). The number of fused-ring (bicyclic) bond motifs is 1. The van der Waals surface area contributed by atoms with E-state index in [0.29, 0.717) is 22.9 Å². The molecule has 0 bridgehead atoms. The van der Waals surface area contributed by atoms with Crippen molar-refractivity contribution in [2.75, 3.05) is 31.5 Å². The molecule has 1 aromatic rings. The largest absolute Gasteiger partial charge is 0.478 e. The Hall–Kier alpha value is -2.08. The summed E-state index contributed by atoms with van der Waals surface area (Å²) in [4.78, 5) is 26.5. The van der Waals surface area contributed by atoms with E-state index in [0.717, 1.165) is 39.0 Å². The Balaban J connectivity index is 1.71. The Bertz CT molecular complexity index is 624. The number of likely N-dealkylation sites (tertiary alicyclic amines) is 1. The van der Waals surface area contributed by atoms with Gasteiger partial charge < -0.3 is 20.3 Å². The number of ether oxygens (including phenoxy) is 1. The fourth-order valence-electron chi connectivity index (χ4n) is 3.25. The molecule has 6 nitrogen and oxygen atoms in total. The first kappa shape index (κ1) is 16.8. The van der Waals surface area contributed by atoms with Crippen molar-refractivity contribution in [1.82, 2.24) is 10.2 Å². The Morgan fingerprint density at radius 3 is 2.83 bits per heavy atom. The fourth-order valence-corrected chi connectivity index (χ4v) is 3.25. The first-order chi connectivity index (χ1) is 11.6. The molecule has 2 heterocycles. The molecule has 1 unspecified atom stereocenters. The van der Waals surface area contributed by atoms with E-state index in [-0.39, 0.29) is 11.8 Å². The van der Waals surface area contributed by atoms with Crippen LogP contribution in [0.2, 0.25) is 0 Å². The van der Waals surface area contributed by atoms with Crippen LogP contribution in [-0.4, -0.2) is 49.0 Å². The van der Waals surface area contributed by atoms with Gasteiger partial charge in [-0.2, -0.15) is 0 Å². The van der Waals surface area contributed by atoms with Gasteiger partial charge in [-0.3, -0.25) is 9.59 Å². The summed E-state index contributed by atoms with van der Waals surface area (Å²) in [7, 11) is 0. The summed E-state index contributed by atoms with van der Waals surface area (Å²) in [6.45, 7) is 7.33. The smallest absolute Gasteiger partial charge is 0.265 e. The molecular formula is C18H25N3O3. The van der Waals surface area contributed by atoms with Crippen molar-refractivity contribution in [3.8, 4) is 5.75 Å². The van der Waals surface area contributed by atoms with Gasteiger partial charge in [0.05, 0.1) is 11.3 Å². The van der Waals surface area contributed by atoms with Crippen molar-refractivity contribution < 1.29 is 14.3 Å². The molecule has 0 saturated carbocycles. The van der Waals surface area contributed by atoms with Gasteiger partial charge in [0.15, 0.2) is 11.9 Å². The SMILES string of the molecule is CCNCC1CCN(C(=O)c2cccc3c2OC(C)C(=O)N3)CC1. The summed E-state index contributed by atoms with van der Waals surface area (Å²) < 4.78 is 5.69. The van der Waals surface area contributed by atoms with E-state index in [1.807, 2.05) is 4.90 Å². The van der Waals surface area contributed by atoms with Crippen LogP contribution in [0.25, 0.3) is 0 Å². The molecular weight excluding hydrogens is 306 g/mol. The summed E-state index contributed by atoms with van der Waals surface area (Å²) >= 11 is 0. The highest BCUT2D eigenvalue weighted by atomic mass is 16.5. The molecule has 130 valence electrons. The van der Waals surface area contributed by atoms with Crippen molar-refractivity contribution in [3.05, 3.63) is 23.8 Å². The van der Waals surface area contributed by atoms with Gasteiger partial charge in [-0.05, 0) is 50.9 Å². The van der Waals surface area contributed by atoms with E-state index < -0.39 is 6.10 Å². The number of carbonyl (C=O) groups is 2. The van der Waals surface area contributed by atoms with Crippen molar-refractivity contribution >= 4 is 17.5 Å². The molecule has 0 aliphatic carbocycles. The highest BCUT2D eigenvalue weighted by Gasteiger charge is 2.30. The monoisotopic (exact) mass is 331 g/mol. The number of para-hydroxylation sites is 1. The minimum atomic E-state index is -0.586. The van der Waals surface area contributed by atoms with Crippen molar-refractivity contribution in [1.29, 1.82) is 0 Å². The van der Waals surface area contributed by atoms with Crippen LogP contribution in [-0.2, 0) is 4.79 Å². The van der Waals surface area contributed by atoms with Crippen molar-refractivity contribution in [3.63, 3.8) is 0 Å². The molecule has 0 spiro atoms. The van der Waals surface area contributed by atoms with Gasteiger partial charge >= 0.3 is 0 Å². The molecule has 0 aromatic heterocycles. The summed E-state index contributed by atoms with van der Waals surface area (Å²) in [6.07, 6.45) is 1.45. The number of carbonyl (C=O) groups excluding carboxylic acids is 2. The molecule has 1 saturated heterocycles. The average molecular weight is 331 g/mol. The maximum absolute atomic E-state index is 12.9. The zero-order chi connectivity index (χ0) is 17.1. The predicted octanol–water partition coefficient (Wildman–Crippen LogP) is 1.87. The molecule has 2 aliphatic heterocycles. The number of nitrogens with one attached hydrogen (secondary N) is 2. The van der Waals surface area contributed by atoms with Crippen LogP contribution in [0.3, 0.4) is 0 Å². The highest BCUT2D eigenvalue weighted by Crippen LogP contribution is 2.34. The number of piperidine rings is 1. The second-order valence-corrected chi connectivity index (χ2v) is 6.47. The van der Waals surface area contributed by atoms with Gasteiger partial charge in [0.1, 0.15) is 0 Å². The number of amides is 2. The van der Waals surface area contributed by atoms with E-state index in [1.165, 1.54) is 0 Å². The second kappa shape index (κ2) is 7.21. The molecule has 1 fully saturated rings. The number of hydrogen-bond acceptors (Lipinski definition) is 4. The Morgan fingerprint density at radius 1 is 1.38 bits per heavy atom. The van der Waals surface area contributed by atoms with Gasteiger partial charge in [-0.25, -0.2) is 0 Å². The number of nitrogens with zero attached hydrogens (tertiary/aromatic N) is 1. The van der Waals surface area contributed by atoms with Crippen molar-refractivity contribution in [2.45, 2.75) is 32.8 Å². The molecule has 2 aliphatic rings. The highest BCUT2D eigenvalue weighted by molar-refractivity contribution is 6.04. The average Bonchev–Trinajstić information content (AvgIpc) is 2.60. The lowest BCUT2D eigenvalue weighted by Crippen LogP contribution is -2.41. The van der Waals surface area contributed by atoms with Gasteiger partial charge in [-0.1, -0.05) is 13.0 Å². The summed E-state index contributed by atoms with van der Waals surface area (Å²) in [5, 5.41) is 6.18. The topological polar surface area (TPSA) is 70.7 Å². The molecule has 24 heavy (non-hydrogen) atoms. The van der Waals surface area contributed by atoms with Crippen LogP contribution in [0.5, 0.6) is 5.75 Å². The third kappa shape index (κ3) is 3.38. The maximum Gasteiger partial charge on any atom is 0.265 e. The Kier molecular flexibility index (Phi) is 5.04. The predicted molar refractivity (Wildman–Crippen MR) is 92.3 cm³/mol. The summed E-state index contributed by atoms with van der Waals surface area (Å²) in [6, 6.07) is 5.32. The maximum atomic E-state index is 12.9. The van der Waals surface area contributed by atoms with Gasteiger partial charge in [0.25, 0.3) is 11.8 Å². The third-order valence-electron chi connectivity index (χ3n) is 4.75. The number of anilines is 1. The summed E-state index contributed by atoms with van der Waals surface area (Å²) in [5.74, 6) is 0.923. The van der Waals surface area contributed by atoms with E-state index in [4.69, 9.17) is 4.74 Å². The van der Waals surface area contributed by atoms with Gasteiger partial charge in [-0.15, -0.1) is 0 Å². The van der Waals surface area contributed by atoms with Gasteiger partial charge in [0, 0.05) is 13.1 Å². The zero-order valence-electron chi connectivity index (χ0n) is 14.3. The minimum absolute atomic E-state index is 0.0166. The van der Waals surface area contributed by atoms with E-state index >= 15 is 0 Å². The third-order valence-corrected chi connectivity index (χ3v) is 4.75. The lowest BCUT2D eigenvalue weighted by Gasteiger charge is -2.33. The summed E-state index contributed by atoms with van der Waals surface area (Å²) in [5.41, 5.74) is 1.11. The first-order valence-electron chi connectivity index (χ1n) is 8.70. The van der Waals surface area contributed by atoms with Crippen molar-refractivity contribution in [2.24, 2.45) is 5.92 Å². The minimum Gasteiger partial charge on any atom is -0.478 e. The normalized spacial score (nSPS) is 21.0. The first-order valence-corrected chi connectivity index (χ1v) is 8.70. The lowest BCUT2D eigenvalue weighted by molar-refractivity contribution is -0.122. The molecule has 2 amide bonds. The van der Waals surface area contributed by atoms with Crippen LogP contribution in [0.1, 0.15) is 37.0 Å². The second-order valence-electron chi connectivity index (χ2n) is 6.47. The van der Waals surface area contributed by atoms with E-state index in [1.54, 1.807) is 25.1 Å². The molecule has 3 rings (SSSR count). The quantitative estimate of drug-likeness (QED) is 0.884. The Labute approximate surface area is 142 Å². The number of benzene rings is 1. The molecule has 0 radical (unpaired) electrons. The van der Waals surface area contributed by atoms with Crippen LogP contribution in [0, 0.1) is 5.92 Å². The molecule has 1 aromatic carbocycles. The number of hydrogen-bond donors (Lipinski definition) is 2.